The number of anilines is 1. The van der Waals surface area contributed by atoms with Gasteiger partial charge in [-0.3, -0.25) is 4.98 Å². The number of piperidine rings is 1. The van der Waals surface area contributed by atoms with Gasteiger partial charge in [-0.15, -0.1) is 0 Å². The van der Waals surface area contributed by atoms with Crippen LogP contribution in [0.15, 0.2) is 30.5 Å². The van der Waals surface area contributed by atoms with Gasteiger partial charge in [-0.2, -0.15) is 0 Å². The van der Waals surface area contributed by atoms with Crippen molar-refractivity contribution in [3.8, 4) is 0 Å². The van der Waals surface area contributed by atoms with Crippen LogP contribution >= 0.6 is 0 Å². The Morgan fingerprint density at radius 2 is 2.00 bits per heavy atom. The van der Waals surface area contributed by atoms with Crippen molar-refractivity contribution in [1.29, 1.82) is 0 Å². The quantitative estimate of drug-likeness (QED) is 0.936. The Labute approximate surface area is 125 Å². The summed E-state index contributed by atoms with van der Waals surface area (Å²) in [7, 11) is 0. The fourth-order valence-corrected chi connectivity index (χ4v) is 3.26. The Bertz CT molecular complexity index is 617. The maximum atomic E-state index is 4.85. The lowest BCUT2D eigenvalue weighted by Gasteiger charge is -2.31. The number of nitrogens with one attached hydrogen (secondary N) is 1. The molecule has 1 aliphatic heterocycles. The van der Waals surface area contributed by atoms with Crippen molar-refractivity contribution < 1.29 is 0 Å². The highest BCUT2D eigenvalue weighted by atomic mass is 15.2. The summed E-state index contributed by atoms with van der Waals surface area (Å²) in [4.78, 5) is 11.9. The fraction of sp³-hybridized carbons (Fsp3) is 0.529. The maximum absolute atomic E-state index is 4.85. The Morgan fingerprint density at radius 3 is 2.76 bits per heavy atom. The third-order valence-electron chi connectivity index (χ3n) is 4.57. The van der Waals surface area contributed by atoms with E-state index in [1.807, 2.05) is 24.4 Å². The predicted octanol–water partition coefficient (Wildman–Crippen LogP) is 2.60. The molecule has 4 nitrogen and oxygen atoms in total. The van der Waals surface area contributed by atoms with E-state index in [1.54, 1.807) is 0 Å². The maximum Gasteiger partial charge on any atom is 0.148 e. The van der Waals surface area contributed by atoms with Gasteiger partial charge >= 0.3 is 0 Å². The molecule has 4 heteroatoms. The second kappa shape index (κ2) is 5.60. The molecule has 0 spiro atoms. The highest BCUT2D eigenvalue weighted by molar-refractivity contribution is 5.75. The van der Waals surface area contributed by atoms with Crippen molar-refractivity contribution >= 4 is 16.9 Å². The lowest BCUT2D eigenvalue weighted by molar-refractivity contribution is 0.375. The first-order valence-corrected chi connectivity index (χ1v) is 8.09. The molecule has 21 heavy (non-hydrogen) atoms. The number of para-hydroxylation sites is 2. The van der Waals surface area contributed by atoms with Crippen molar-refractivity contribution in [2.45, 2.75) is 31.7 Å². The zero-order valence-electron chi connectivity index (χ0n) is 12.3. The normalized spacial score (nSPS) is 22.4. The minimum absolute atomic E-state index is 0.683. The van der Waals surface area contributed by atoms with E-state index in [4.69, 9.17) is 4.98 Å². The molecular formula is C17H22N4. The monoisotopic (exact) mass is 282 g/mol. The van der Waals surface area contributed by atoms with Gasteiger partial charge in [0, 0.05) is 12.6 Å². The molecule has 2 aliphatic rings. The highest BCUT2D eigenvalue weighted by Crippen LogP contribution is 2.32. The standard InChI is InChI=1S/C17H22N4/c1-2-6-16-15(5-1)19-11-17(20-16)21(14-7-8-14)12-13-4-3-9-18-10-13/h1-2,5-6,11,13-14,18H,3-4,7-10,12H2. The molecule has 1 N–H and O–H groups in total. The number of nitrogens with zero attached hydrogens (tertiary/aromatic N) is 3. The average molecular weight is 282 g/mol. The van der Waals surface area contributed by atoms with Gasteiger partial charge in [0.15, 0.2) is 0 Å². The van der Waals surface area contributed by atoms with E-state index in [2.05, 4.69) is 21.3 Å². The lowest BCUT2D eigenvalue weighted by Crippen LogP contribution is -2.39. The summed E-state index contributed by atoms with van der Waals surface area (Å²) in [6.07, 6.45) is 7.18. The van der Waals surface area contributed by atoms with Gasteiger partial charge in [0.05, 0.1) is 17.2 Å². The zero-order chi connectivity index (χ0) is 14.1. The summed E-state index contributed by atoms with van der Waals surface area (Å²) in [6, 6.07) is 8.82. The van der Waals surface area contributed by atoms with Crippen molar-refractivity contribution in [3.05, 3.63) is 30.5 Å². The van der Waals surface area contributed by atoms with Crippen LogP contribution in [0.1, 0.15) is 25.7 Å². The van der Waals surface area contributed by atoms with Crippen LogP contribution in [0.4, 0.5) is 5.82 Å². The molecule has 1 unspecified atom stereocenters. The summed E-state index contributed by atoms with van der Waals surface area (Å²) in [5.74, 6) is 1.80. The van der Waals surface area contributed by atoms with Gasteiger partial charge in [-0.05, 0) is 56.8 Å². The second-order valence-electron chi connectivity index (χ2n) is 6.31. The van der Waals surface area contributed by atoms with Crippen LogP contribution in [0.25, 0.3) is 11.0 Å². The van der Waals surface area contributed by atoms with Crippen LogP contribution in [-0.4, -0.2) is 35.6 Å². The minimum atomic E-state index is 0.683. The van der Waals surface area contributed by atoms with Crippen molar-refractivity contribution in [3.63, 3.8) is 0 Å². The molecule has 2 aromatic rings. The van der Waals surface area contributed by atoms with Gasteiger partial charge in [-0.1, -0.05) is 12.1 Å². The SMILES string of the molecule is c1ccc2nc(N(CC3CCCNC3)C3CC3)cnc2c1. The number of hydrogen-bond donors (Lipinski definition) is 1. The van der Waals surface area contributed by atoms with Crippen LogP contribution in [0.5, 0.6) is 0 Å². The summed E-state index contributed by atoms with van der Waals surface area (Å²) < 4.78 is 0. The summed E-state index contributed by atoms with van der Waals surface area (Å²) in [5, 5.41) is 3.52. The Morgan fingerprint density at radius 1 is 1.14 bits per heavy atom. The molecule has 1 atom stereocenters. The van der Waals surface area contributed by atoms with Crippen LogP contribution < -0.4 is 10.2 Å². The molecule has 2 fully saturated rings. The van der Waals surface area contributed by atoms with Gasteiger partial charge < -0.3 is 10.2 Å². The number of aromatic nitrogens is 2. The van der Waals surface area contributed by atoms with E-state index < -0.39 is 0 Å². The Balaban J connectivity index is 1.59. The molecule has 1 saturated heterocycles. The largest absolute Gasteiger partial charge is 0.352 e. The van der Waals surface area contributed by atoms with Crippen molar-refractivity contribution in [2.75, 3.05) is 24.5 Å². The van der Waals surface area contributed by atoms with Crippen LogP contribution in [0.3, 0.4) is 0 Å². The van der Waals surface area contributed by atoms with E-state index in [9.17, 15) is 0 Å². The first kappa shape index (κ1) is 13.0. The first-order chi connectivity index (χ1) is 10.4. The molecule has 1 aromatic carbocycles. The molecule has 1 aliphatic carbocycles. The smallest absolute Gasteiger partial charge is 0.148 e. The topological polar surface area (TPSA) is 41.1 Å². The molecular weight excluding hydrogens is 260 g/mol. The molecule has 4 rings (SSSR count). The molecule has 1 saturated carbocycles. The van der Waals surface area contributed by atoms with Crippen LogP contribution in [-0.2, 0) is 0 Å². The number of fused-ring (bicyclic) bond motifs is 1. The Hall–Kier alpha value is -1.68. The number of rotatable bonds is 4. The zero-order valence-corrected chi connectivity index (χ0v) is 12.3. The van der Waals surface area contributed by atoms with E-state index in [1.165, 1.54) is 32.2 Å². The highest BCUT2D eigenvalue weighted by Gasteiger charge is 2.32. The minimum Gasteiger partial charge on any atom is -0.352 e. The van der Waals surface area contributed by atoms with Crippen molar-refractivity contribution in [2.24, 2.45) is 5.92 Å². The van der Waals surface area contributed by atoms with E-state index in [0.29, 0.717) is 6.04 Å². The fourth-order valence-electron chi connectivity index (χ4n) is 3.26. The van der Waals surface area contributed by atoms with Gasteiger partial charge in [0.1, 0.15) is 5.82 Å². The molecule has 0 bridgehead atoms. The predicted molar refractivity (Wildman–Crippen MR) is 85.5 cm³/mol. The molecule has 0 amide bonds. The third-order valence-corrected chi connectivity index (χ3v) is 4.57. The van der Waals surface area contributed by atoms with Crippen LogP contribution in [0.2, 0.25) is 0 Å². The van der Waals surface area contributed by atoms with E-state index >= 15 is 0 Å². The molecule has 110 valence electrons. The summed E-state index contributed by atoms with van der Waals surface area (Å²) >= 11 is 0. The summed E-state index contributed by atoms with van der Waals surface area (Å²) in [5.41, 5.74) is 1.98. The van der Waals surface area contributed by atoms with E-state index in [0.717, 1.165) is 35.9 Å². The van der Waals surface area contributed by atoms with Gasteiger partial charge in [0.2, 0.25) is 0 Å². The number of benzene rings is 1. The van der Waals surface area contributed by atoms with Gasteiger partial charge in [0.25, 0.3) is 0 Å². The van der Waals surface area contributed by atoms with E-state index in [-0.39, 0.29) is 0 Å². The lowest BCUT2D eigenvalue weighted by atomic mass is 9.99. The van der Waals surface area contributed by atoms with Crippen LogP contribution in [0, 0.1) is 5.92 Å². The van der Waals surface area contributed by atoms with Gasteiger partial charge in [-0.25, -0.2) is 4.98 Å². The molecule has 1 aromatic heterocycles. The molecule has 0 radical (unpaired) electrons. The first-order valence-electron chi connectivity index (χ1n) is 8.09. The number of hydrogen-bond acceptors (Lipinski definition) is 4. The average Bonchev–Trinajstić information content (AvgIpc) is 3.38. The molecule has 2 heterocycles. The van der Waals surface area contributed by atoms with Crippen molar-refractivity contribution in [1.82, 2.24) is 15.3 Å². The third kappa shape index (κ3) is 2.86. The second-order valence-corrected chi connectivity index (χ2v) is 6.31. The summed E-state index contributed by atoms with van der Waals surface area (Å²) in [6.45, 7) is 3.44. The Kier molecular flexibility index (Phi) is 3.47.